The number of rotatable bonds is 2. The number of imidazole rings is 1. The molecule has 0 unspecified atom stereocenters. The van der Waals surface area contributed by atoms with Crippen LogP contribution >= 0.6 is 0 Å². The Hall–Kier alpha value is -2.70. The third kappa shape index (κ3) is 1.52. The van der Waals surface area contributed by atoms with Gasteiger partial charge in [-0.2, -0.15) is 0 Å². The molecule has 0 aliphatic carbocycles. The van der Waals surface area contributed by atoms with Gasteiger partial charge < -0.3 is 4.98 Å². The van der Waals surface area contributed by atoms with E-state index in [1.807, 2.05) is 23.1 Å². The van der Waals surface area contributed by atoms with Crippen molar-refractivity contribution in [2.45, 2.75) is 6.54 Å². The smallest absolute Gasteiger partial charge is 0.280 e. The molecule has 20 heavy (non-hydrogen) atoms. The Balaban J connectivity index is 1.78. The zero-order valence-electron chi connectivity index (χ0n) is 10.7. The standard InChI is InChI=1S/C13H12N6O/c20-12-10-11(17-8-16-10)19(13-15-5-6-18(12)13)7-9-3-1-2-4-14-9/h1-4,8H,5-7H2,(H,16,17). The van der Waals surface area contributed by atoms with Crippen LogP contribution in [-0.4, -0.2) is 44.8 Å². The maximum absolute atomic E-state index is 12.3. The van der Waals surface area contributed by atoms with E-state index in [1.165, 1.54) is 6.33 Å². The lowest BCUT2D eigenvalue weighted by Gasteiger charge is -2.32. The number of pyridine rings is 1. The Bertz CT molecular complexity index is 692. The molecule has 1 N–H and O–H groups in total. The number of hydrogen-bond acceptors (Lipinski definition) is 5. The third-order valence-corrected chi connectivity index (χ3v) is 3.44. The number of aliphatic imine (C=N–C) groups is 1. The summed E-state index contributed by atoms with van der Waals surface area (Å²) in [6, 6.07) is 5.77. The summed E-state index contributed by atoms with van der Waals surface area (Å²) < 4.78 is 0. The van der Waals surface area contributed by atoms with Gasteiger partial charge in [0.1, 0.15) is 5.69 Å². The van der Waals surface area contributed by atoms with Crippen LogP contribution in [0, 0.1) is 0 Å². The van der Waals surface area contributed by atoms with E-state index in [4.69, 9.17) is 0 Å². The normalized spacial score (nSPS) is 17.0. The first kappa shape index (κ1) is 11.2. The quantitative estimate of drug-likeness (QED) is 0.867. The molecule has 2 aromatic rings. The number of carbonyl (C=O) groups excluding carboxylic acids is 1. The predicted octanol–water partition coefficient (Wildman–Crippen LogP) is 0.637. The second kappa shape index (κ2) is 4.16. The number of fused-ring (bicyclic) bond motifs is 2. The van der Waals surface area contributed by atoms with Crippen LogP contribution in [0.1, 0.15) is 16.2 Å². The SMILES string of the molecule is O=C1c2[nH]cnc2N(Cc2ccccn2)C2=NCCN12. The highest BCUT2D eigenvalue weighted by Crippen LogP contribution is 2.28. The highest BCUT2D eigenvalue weighted by atomic mass is 16.2. The van der Waals surface area contributed by atoms with Gasteiger partial charge in [-0.1, -0.05) is 6.07 Å². The lowest BCUT2D eigenvalue weighted by molar-refractivity contribution is 0.0846. The number of anilines is 1. The van der Waals surface area contributed by atoms with Gasteiger partial charge in [0.2, 0.25) is 5.96 Å². The minimum Gasteiger partial charge on any atom is -0.339 e. The fraction of sp³-hybridized carbons (Fsp3) is 0.231. The average molecular weight is 268 g/mol. The van der Waals surface area contributed by atoms with Crippen molar-refractivity contribution in [1.82, 2.24) is 19.9 Å². The second-order valence-electron chi connectivity index (χ2n) is 4.65. The molecular weight excluding hydrogens is 256 g/mol. The van der Waals surface area contributed by atoms with Crippen molar-refractivity contribution in [3.63, 3.8) is 0 Å². The Morgan fingerprint density at radius 2 is 2.25 bits per heavy atom. The van der Waals surface area contributed by atoms with Crippen LogP contribution in [0.2, 0.25) is 0 Å². The zero-order valence-corrected chi connectivity index (χ0v) is 10.7. The molecule has 2 aromatic heterocycles. The minimum atomic E-state index is -0.0639. The van der Waals surface area contributed by atoms with Crippen molar-refractivity contribution >= 4 is 17.7 Å². The van der Waals surface area contributed by atoms with Gasteiger partial charge in [-0.05, 0) is 12.1 Å². The Labute approximate surface area is 115 Å². The average Bonchev–Trinajstić information content (AvgIpc) is 3.14. The summed E-state index contributed by atoms with van der Waals surface area (Å²) in [5.41, 5.74) is 1.42. The topological polar surface area (TPSA) is 77.5 Å². The summed E-state index contributed by atoms with van der Waals surface area (Å²) in [6.45, 7) is 1.79. The lowest BCUT2D eigenvalue weighted by Crippen LogP contribution is -2.49. The maximum atomic E-state index is 12.3. The third-order valence-electron chi connectivity index (χ3n) is 3.44. The van der Waals surface area contributed by atoms with E-state index in [0.29, 0.717) is 37.1 Å². The van der Waals surface area contributed by atoms with E-state index < -0.39 is 0 Å². The molecule has 2 aliphatic heterocycles. The van der Waals surface area contributed by atoms with Crippen molar-refractivity contribution in [3.8, 4) is 0 Å². The number of H-pyrrole nitrogens is 1. The second-order valence-corrected chi connectivity index (χ2v) is 4.65. The number of nitrogens with zero attached hydrogens (tertiary/aromatic N) is 5. The van der Waals surface area contributed by atoms with Crippen molar-refractivity contribution in [2.24, 2.45) is 4.99 Å². The van der Waals surface area contributed by atoms with Crippen molar-refractivity contribution in [1.29, 1.82) is 0 Å². The van der Waals surface area contributed by atoms with Gasteiger partial charge in [0, 0.05) is 12.7 Å². The molecule has 4 heterocycles. The maximum Gasteiger partial charge on any atom is 0.280 e. The summed E-state index contributed by atoms with van der Waals surface area (Å²) in [4.78, 5) is 31.8. The molecule has 0 atom stereocenters. The molecule has 7 heteroatoms. The summed E-state index contributed by atoms with van der Waals surface area (Å²) in [5.74, 6) is 1.23. The molecule has 0 saturated carbocycles. The van der Waals surface area contributed by atoms with Gasteiger partial charge in [0.05, 0.1) is 25.1 Å². The van der Waals surface area contributed by atoms with Crippen molar-refractivity contribution < 1.29 is 4.79 Å². The number of carbonyl (C=O) groups is 1. The van der Waals surface area contributed by atoms with Crippen LogP contribution < -0.4 is 4.90 Å². The van der Waals surface area contributed by atoms with Gasteiger partial charge >= 0.3 is 0 Å². The molecule has 0 aromatic carbocycles. The molecule has 0 bridgehead atoms. The van der Waals surface area contributed by atoms with E-state index in [1.54, 1.807) is 11.1 Å². The van der Waals surface area contributed by atoms with Gasteiger partial charge in [0.25, 0.3) is 5.91 Å². The molecule has 0 saturated heterocycles. The van der Waals surface area contributed by atoms with Gasteiger partial charge in [0.15, 0.2) is 5.82 Å². The van der Waals surface area contributed by atoms with Crippen LogP contribution in [-0.2, 0) is 6.54 Å². The van der Waals surface area contributed by atoms with Crippen LogP contribution in [0.15, 0.2) is 35.7 Å². The van der Waals surface area contributed by atoms with E-state index >= 15 is 0 Å². The molecule has 0 spiro atoms. The molecule has 100 valence electrons. The van der Waals surface area contributed by atoms with Crippen LogP contribution in [0.5, 0.6) is 0 Å². The summed E-state index contributed by atoms with van der Waals surface area (Å²) in [5, 5.41) is 0. The van der Waals surface area contributed by atoms with Gasteiger partial charge in [-0.3, -0.25) is 24.6 Å². The highest BCUT2D eigenvalue weighted by molar-refractivity contribution is 6.17. The molecular formula is C13H12N6O. The number of aromatic nitrogens is 3. The minimum absolute atomic E-state index is 0.0639. The Morgan fingerprint density at radius 3 is 3.10 bits per heavy atom. The molecule has 4 rings (SSSR count). The number of amides is 1. The molecule has 7 nitrogen and oxygen atoms in total. The highest BCUT2D eigenvalue weighted by Gasteiger charge is 2.39. The van der Waals surface area contributed by atoms with Gasteiger partial charge in [-0.15, -0.1) is 0 Å². The fourth-order valence-corrected chi connectivity index (χ4v) is 2.54. The van der Waals surface area contributed by atoms with E-state index in [-0.39, 0.29) is 5.91 Å². The first-order valence-corrected chi connectivity index (χ1v) is 6.42. The molecule has 2 aliphatic rings. The monoisotopic (exact) mass is 268 g/mol. The molecule has 0 radical (unpaired) electrons. The zero-order chi connectivity index (χ0) is 13.5. The number of nitrogens with one attached hydrogen (secondary N) is 1. The Morgan fingerprint density at radius 1 is 1.30 bits per heavy atom. The van der Waals surface area contributed by atoms with Gasteiger partial charge in [-0.25, -0.2) is 4.98 Å². The summed E-state index contributed by atoms with van der Waals surface area (Å²) >= 11 is 0. The summed E-state index contributed by atoms with van der Waals surface area (Å²) in [7, 11) is 0. The number of aromatic amines is 1. The number of guanidine groups is 1. The van der Waals surface area contributed by atoms with E-state index in [9.17, 15) is 4.79 Å². The van der Waals surface area contributed by atoms with Crippen LogP contribution in [0.3, 0.4) is 0 Å². The number of hydrogen-bond donors (Lipinski definition) is 1. The molecule has 1 amide bonds. The van der Waals surface area contributed by atoms with Crippen LogP contribution in [0.25, 0.3) is 0 Å². The predicted molar refractivity (Wildman–Crippen MR) is 72.3 cm³/mol. The van der Waals surface area contributed by atoms with E-state index in [2.05, 4.69) is 19.9 Å². The first-order chi connectivity index (χ1) is 9.84. The van der Waals surface area contributed by atoms with Crippen molar-refractivity contribution in [2.75, 3.05) is 18.0 Å². The van der Waals surface area contributed by atoms with E-state index in [0.717, 1.165) is 5.69 Å². The Kier molecular flexibility index (Phi) is 2.32. The van der Waals surface area contributed by atoms with Crippen LogP contribution in [0.4, 0.5) is 5.82 Å². The molecule has 0 fully saturated rings. The lowest BCUT2D eigenvalue weighted by atomic mass is 10.2. The first-order valence-electron chi connectivity index (χ1n) is 6.42. The summed E-state index contributed by atoms with van der Waals surface area (Å²) in [6.07, 6.45) is 3.29. The largest absolute Gasteiger partial charge is 0.339 e. The fourth-order valence-electron chi connectivity index (χ4n) is 2.54. The van der Waals surface area contributed by atoms with Crippen molar-refractivity contribution in [3.05, 3.63) is 42.1 Å².